The average Bonchev–Trinajstić information content (AvgIpc) is 3.22. The van der Waals surface area contributed by atoms with Gasteiger partial charge in [0.05, 0.1) is 12.2 Å². The van der Waals surface area contributed by atoms with Crippen LogP contribution in [0.25, 0.3) is 0 Å². The number of hydrogen-bond donors (Lipinski definition) is 2. The lowest BCUT2D eigenvalue weighted by Gasteiger charge is -2.33. The molecular weight excluding hydrogens is 353 g/mol. The fraction of sp³-hybridized carbons (Fsp3) is 0.500. The second kappa shape index (κ2) is 6.70. The van der Waals surface area contributed by atoms with E-state index in [4.69, 9.17) is 0 Å². The maximum Gasteiger partial charge on any atom is 0.410 e. The molecule has 0 radical (unpaired) electrons. The van der Waals surface area contributed by atoms with Crippen LogP contribution < -0.4 is 10.6 Å². The van der Waals surface area contributed by atoms with Crippen molar-refractivity contribution in [3.63, 3.8) is 0 Å². The van der Waals surface area contributed by atoms with E-state index in [1.807, 2.05) is 19.2 Å². The Hall–Kier alpha value is -2.03. The van der Waals surface area contributed by atoms with Crippen molar-refractivity contribution in [2.75, 3.05) is 5.32 Å². The largest absolute Gasteiger partial charge is 0.410 e. The van der Waals surface area contributed by atoms with E-state index in [9.17, 15) is 18.0 Å². The van der Waals surface area contributed by atoms with Gasteiger partial charge in [0.1, 0.15) is 11.4 Å². The molecule has 9 heteroatoms. The molecule has 3 atom stereocenters. The summed E-state index contributed by atoms with van der Waals surface area (Å²) in [6.45, 7) is 3.76. The standard InChI is InChI=1S/C16H19F3N4OS/c1-3-9(2)21-15(24)10-8-20-23-13(16(17,18)19)7-11(22-14(10)23)12-5-4-6-25-12/h4-6,8-9,11,13,22H,3,7H2,1-2H3,(H,21,24)/t9-,11+,13+/m0/s1. The number of thiophene rings is 1. The monoisotopic (exact) mass is 372 g/mol. The second-order valence-electron chi connectivity index (χ2n) is 6.14. The van der Waals surface area contributed by atoms with E-state index in [0.717, 1.165) is 16.0 Å². The Kier molecular flexibility index (Phi) is 4.77. The van der Waals surface area contributed by atoms with Crippen LogP contribution in [-0.4, -0.2) is 27.9 Å². The first-order valence-electron chi connectivity index (χ1n) is 8.06. The van der Waals surface area contributed by atoms with Crippen molar-refractivity contribution < 1.29 is 18.0 Å². The Morgan fingerprint density at radius 1 is 1.56 bits per heavy atom. The molecule has 25 heavy (non-hydrogen) atoms. The molecule has 2 aromatic heterocycles. The first-order chi connectivity index (χ1) is 11.8. The molecule has 2 aromatic rings. The summed E-state index contributed by atoms with van der Waals surface area (Å²) in [7, 11) is 0. The van der Waals surface area contributed by atoms with Gasteiger partial charge >= 0.3 is 6.18 Å². The number of nitrogens with one attached hydrogen (secondary N) is 2. The molecule has 0 aromatic carbocycles. The number of alkyl halides is 3. The summed E-state index contributed by atoms with van der Waals surface area (Å²) >= 11 is 1.39. The minimum absolute atomic E-state index is 0.0712. The van der Waals surface area contributed by atoms with Gasteiger partial charge in [-0.05, 0) is 24.8 Å². The fourth-order valence-electron chi connectivity index (χ4n) is 2.81. The van der Waals surface area contributed by atoms with Crippen molar-refractivity contribution in [3.8, 4) is 0 Å². The van der Waals surface area contributed by atoms with Gasteiger partial charge in [-0.1, -0.05) is 13.0 Å². The Morgan fingerprint density at radius 3 is 2.92 bits per heavy atom. The lowest BCUT2D eigenvalue weighted by molar-refractivity contribution is -0.173. The van der Waals surface area contributed by atoms with Gasteiger partial charge in [0.25, 0.3) is 5.91 Å². The topological polar surface area (TPSA) is 59.0 Å². The number of nitrogens with zero attached hydrogens (tertiary/aromatic N) is 2. The average molecular weight is 372 g/mol. The Morgan fingerprint density at radius 2 is 2.32 bits per heavy atom. The SMILES string of the molecule is CC[C@H](C)NC(=O)c1cnn2c1N[C@@H](c1cccs1)C[C@@H]2C(F)(F)F. The number of amides is 1. The maximum absolute atomic E-state index is 13.5. The van der Waals surface area contributed by atoms with Crippen LogP contribution in [0.4, 0.5) is 19.0 Å². The number of carbonyl (C=O) groups excluding carboxylic acids is 1. The van der Waals surface area contributed by atoms with Gasteiger partial charge in [-0.3, -0.25) is 4.79 Å². The summed E-state index contributed by atoms with van der Waals surface area (Å²) in [5.74, 6) is -0.302. The van der Waals surface area contributed by atoms with Crippen LogP contribution in [-0.2, 0) is 0 Å². The quantitative estimate of drug-likeness (QED) is 0.848. The van der Waals surface area contributed by atoms with E-state index >= 15 is 0 Å². The first kappa shape index (κ1) is 17.8. The number of anilines is 1. The molecule has 3 heterocycles. The molecular formula is C16H19F3N4OS. The van der Waals surface area contributed by atoms with Crippen LogP contribution in [0, 0.1) is 0 Å². The van der Waals surface area contributed by atoms with Crippen molar-refractivity contribution in [1.82, 2.24) is 15.1 Å². The molecule has 0 saturated heterocycles. The van der Waals surface area contributed by atoms with Gasteiger partial charge in [0.15, 0.2) is 6.04 Å². The lowest BCUT2D eigenvalue weighted by Crippen LogP contribution is -2.37. The molecule has 0 unspecified atom stereocenters. The third kappa shape index (κ3) is 3.51. The summed E-state index contributed by atoms with van der Waals surface area (Å²) in [6, 6.07) is 1.25. The Bertz CT molecular complexity index is 741. The van der Waals surface area contributed by atoms with Crippen LogP contribution in [0.3, 0.4) is 0 Å². The molecule has 0 bridgehead atoms. The van der Waals surface area contributed by atoms with Crippen molar-refractivity contribution >= 4 is 23.1 Å². The number of hydrogen-bond acceptors (Lipinski definition) is 4. The molecule has 0 spiro atoms. The fourth-order valence-corrected chi connectivity index (χ4v) is 3.60. The minimum atomic E-state index is -4.44. The second-order valence-corrected chi connectivity index (χ2v) is 7.12. The zero-order valence-electron chi connectivity index (χ0n) is 13.8. The number of fused-ring (bicyclic) bond motifs is 1. The molecule has 5 nitrogen and oxygen atoms in total. The van der Waals surface area contributed by atoms with Crippen LogP contribution in [0.1, 0.15) is 54.0 Å². The van der Waals surface area contributed by atoms with Gasteiger partial charge in [-0.25, -0.2) is 4.68 Å². The summed E-state index contributed by atoms with van der Waals surface area (Å²) in [5, 5.41) is 11.5. The van der Waals surface area contributed by atoms with Crippen LogP contribution in [0.2, 0.25) is 0 Å². The van der Waals surface area contributed by atoms with E-state index in [0.29, 0.717) is 0 Å². The predicted molar refractivity (Wildman–Crippen MR) is 89.8 cm³/mol. The molecule has 0 fully saturated rings. The molecule has 1 aliphatic rings. The summed E-state index contributed by atoms with van der Waals surface area (Å²) < 4.78 is 41.5. The summed E-state index contributed by atoms with van der Waals surface area (Å²) in [4.78, 5) is 13.2. The highest BCUT2D eigenvalue weighted by Crippen LogP contribution is 2.44. The van der Waals surface area contributed by atoms with Crippen molar-refractivity contribution in [1.29, 1.82) is 0 Å². The molecule has 1 aliphatic heterocycles. The highest BCUT2D eigenvalue weighted by molar-refractivity contribution is 7.10. The third-order valence-corrected chi connectivity index (χ3v) is 5.35. The van der Waals surface area contributed by atoms with E-state index in [1.54, 1.807) is 12.1 Å². The molecule has 1 amide bonds. The first-order valence-corrected chi connectivity index (χ1v) is 8.94. The summed E-state index contributed by atoms with van der Waals surface area (Å²) in [6.07, 6.45) is -2.67. The van der Waals surface area contributed by atoms with Gasteiger partial charge in [0, 0.05) is 17.3 Å². The van der Waals surface area contributed by atoms with E-state index in [2.05, 4.69) is 15.7 Å². The minimum Gasteiger partial charge on any atom is -0.362 e. The number of aromatic nitrogens is 2. The van der Waals surface area contributed by atoms with E-state index in [-0.39, 0.29) is 23.8 Å². The normalized spacial score (nSPS) is 21.3. The van der Waals surface area contributed by atoms with Crippen molar-refractivity contribution in [2.24, 2.45) is 0 Å². The van der Waals surface area contributed by atoms with Crippen molar-refractivity contribution in [2.45, 2.75) is 51.0 Å². The summed E-state index contributed by atoms with van der Waals surface area (Å²) in [5.41, 5.74) is 0.135. The maximum atomic E-state index is 13.5. The molecule has 3 rings (SSSR count). The van der Waals surface area contributed by atoms with Gasteiger partial charge < -0.3 is 10.6 Å². The highest BCUT2D eigenvalue weighted by Gasteiger charge is 2.47. The number of rotatable bonds is 4. The Balaban J connectivity index is 1.97. The van der Waals surface area contributed by atoms with Gasteiger partial charge in [-0.2, -0.15) is 18.3 Å². The molecule has 2 N–H and O–H groups in total. The molecule has 136 valence electrons. The zero-order chi connectivity index (χ0) is 18.2. The third-order valence-electron chi connectivity index (χ3n) is 4.36. The highest BCUT2D eigenvalue weighted by atomic mass is 32.1. The van der Waals surface area contributed by atoms with Crippen LogP contribution >= 0.6 is 11.3 Å². The van der Waals surface area contributed by atoms with E-state index < -0.39 is 24.2 Å². The molecule has 0 saturated carbocycles. The van der Waals surface area contributed by atoms with E-state index in [1.165, 1.54) is 17.5 Å². The molecule has 0 aliphatic carbocycles. The lowest BCUT2D eigenvalue weighted by atomic mass is 10.0. The Labute approximate surface area is 147 Å². The van der Waals surface area contributed by atoms with Crippen LogP contribution in [0.15, 0.2) is 23.7 Å². The zero-order valence-corrected chi connectivity index (χ0v) is 14.6. The van der Waals surface area contributed by atoms with Crippen molar-refractivity contribution in [3.05, 3.63) is 34.2 Å². The predicted octanol–water partition coefficient (Wildman–Crippen LogP) is 4.13. The van der Waals surface area contributed by atoms with Crippen LogP contribution in [0.5, 0.6) is 0 Å². The number of carbonyl (C=O) groups is 1. The number of halogens is 3. The van der Waals surface area contributed by atoms with Gasteiger partial charge in [-0.15, -0.1) is 11.3 Å². The smallest absolute Gasteiger partial charge is 0.362 e. The van der Waals surface area contributed by atoms with Gasteiger partial charge in [0.2, 0.25) is 0 Å².